The van der Waals surface area contributed by atoms with Crippen molar-refractivity contribution in [2.24, 2.45) is 0 Å². The first-order valence-corrected chi connectivity index (χ1v) is 8.71. The Balaban J connectivity index is 1.68. The van der Waals surface area contributed by atoms with Crippen LogP contribution in [0.3, 0.4) is 0 Å². The van der Waals surface area contributed by atoms with E-state index in [4.69, 9.17) is 4.74 Å². The van der Waals surface area contributed by atoms with E-state index in [1.807, 2.05) is 54.1 Å². The summed E-state index contributed by atoms with van der Waals surface area (Å²) in [4.78, 5) is 12.6. The number of rotatable bonds is 7. The quantitative estimate of drug-likeness (QED) is 0.711. The number of benzene rings is 2. The number of hydrogen-bond acceptors (Lipinski definition) is 3. The molecule has 1 N–H and O–H groups in total. The van der Waals surface area contributed by atoms with Crippen LogP contribution >= 0.6 is 0 Å². The third-order valence-electron chi connectivity index (χ3n) is 4.32. The van der Waals surface area contributed by atoms with Crippen molar-refractivity contribution in [3.63, 3.8) is 0 Å². The molecule has 1 aromatic heterocycles. The van der Waals surface area contributed by atoms with Gasteiger partial charge in [-0.1, -0.05) is 49.4 Å². The van der Waals surface area contributed by atoms with E-state index in [-0.39, 0.29) is 5.91 Å². The zero-order valence-electron chi connectivity index (χ0n) is 15.1. The lowest BCUT2D eigenvalue weighted by molar-refractivity contribution is 0.0950. The number of aromatic nitrogens is 2. The summed E-state index contributed by atoms with van der Waals surface area (Å²) < 4.78 is 7.05. The molecule has 26 heavy (non-hydrogen) atoms. The van der Waals surface area contributed by atoms with E-state index in [9.17, 15) is 4.79 Å². The third kappa shape index (κ3) is 4.11. The van der Waals surface area contributed by atoms with Crippen molar-refractivity contribution in [3.8, 4) is 5.75 Å². The second-order valence-electron chi connectivity index (χ2n) is 6.03. The molecule has 3 aromatic rings. The maximum absolute atomic E-state index is 12.6. The second kappa shape index (κ2) is 8.34. The van der Waals surface area contributed by atoms with Gasteiger partial charge in [0.25, 0.3) is 5.91 Å². The van der Waals surface area contributed by atoms with Gasteiger partial charge >= 0.3 is 0 Å². The highest BCUT2D eigenvalue weighted by Crippen LogP contribution is 2.14. The Morgan fingerprint density at radius 1 is 1.08 bits per heavy atom. The van der Waals surface area contributed by atoms with Crippen molar-refractivity contribution in [2.75, 3.05) is 7.11 Å². The molecule has 0 fully saturated rings. The first-order valence-electron chi connectivity index (χ1n) is 8.71. The van der Waals surface area contributed by atoms with Gasteiger partial charge in [0.15, 0.2) is 0 Å². The Kier molecular flexibility index (Phi) is 5.69. The van der Waals surface area contributed by atoms with Crippen LogP contribution in [0.1, 0.15) is 34.1 Å². The minimum atomic E-state index is -0.100. The zero-order chi connectivity index (χ0) is 18.4. The molecule has 1 amide bonds. The molecule has 0 saturated heterocycles. The molecule has 0 spiro atoms. The third-order valence-corrected chi connectivity index (χ3v) is 4.32. The fourth-order valence-corrected chi connectivity index (χ4v) is 2.89. The van der Waals surface area contributed by atoms with Crippen LogP contribution in [-0.2, 0) is 19.5 Å². The van der Waals surface area contributed by atoms with Gasteiger partial charge in [-0.2, -0.15) is 5.10 Å². The van der Waals surface area contributed by atoms with E-state index in [2.05, 4.69) is 22.5 Å². The van der Waals surface area contributed by atoms with Crippen molar-refractivity contribution in [3.05, 3.63) is 83.2 Å². The number of nitrogens with one attached hydrogen (secondary N) is 1. The second-order valence-corrected chi connectivity index (χ2v) is 6.03. The molecule has 2 aromatic carbocycles. The monoisotopic (exact) mass is 349 g/mol. The summed E-state index contributed by atoms with van der Waals surface area (Å²) in [5.74, 6) is 0.701. The summed E-state index contributed by atoms with van der Waals surface area (Å²) in [5, 5.41) is 7.39. The first-order chi connectivity index (χ1) is 12.7. The standard InChI is InChI=1S/C21H23N3O2/c1-3-20-19(14-23-24(20)15-17-7-5-4-6-8-17)21(25)22-13-16-9-11-18(26-2)12-10-16/h4-12,14H,3,13,15H2,1-2H3,(H,22,25). The molecule has 0 saturated carbocycles. The van der Waals surface area contributed by atoms with Crippen molar-refractivity contribution >= 4 is 5.91 Å². The molecule has 0 unspecified atom stereocenters. The van der Waals surface area contributed by atoms with Crippen molar-refractivity contribution in [1.29, 1.82) is 0 Å². The van der Waals surface area contributed by atoms with Gasteiger partial charge in [-0.05, 0) is 29.7 Å². The summed E-state index contributed by atoms with van der Waals surface area (Å²) in [6.07, 6.45) is 2.41. The van der Waals surface area contributed by atoms with E-state index in [1.165, 1.54) is 0 Å². The topological polar surface area (TPSA) is 56.1 Å². The minimum Gasteiger partial charge on any atom is -0.497 e. The summed E-state index contributed by atoms with van der Waals surface area (Å²) in [7, 11) is 1.64. The Bertz CT molecular complexity index is 855. The van der Waals surface area contributed by atoms with E-state index in [0.717, 1.165) is 29.0 Å². The van der Waals surface area contributed by atoms with Gasteiger partial charge in [-0.15, -0.1) is 0 Å². The van der Waals surface area contributed by atoms with Crippen LogP contribution in [0, 0.1) is 0 Å². The van der Waals surface area contributed by atoms with Gasteiger partial charge < -0.3 is 10.1 Å². The highest BCUT2D eigenvalue weighted by atomic mass is 16.5. The molecular weight excluding hydrogens is 326 g/mol. The number of carbonyl (C=O) groups excluding carboxylic acids is 1. The lowest BCUT2D eigenvalue weighted by atomic mass is 10.1. The van der Waals surface area contributed by atoms with E-state index in [0.29, 0.717) is 18.7 Å². The molecule has 5 nitrogen and oxygen atoms in total. The van der Waals surface area contributed by atoms with Crippen LogP contribution in [0.2, 0.25) is 0 Å². The van der Waals surface area contributed by atoms with Crippen LogP contribution in [0.4, 0.5) is 0 Å². The predicted octanol–water partition coefficient (Wildman–Crippen LogP) is 3.43. The number of methoxy groups -OCH3 is 1. The smallest absolute Gasteiger partial charge is 0.255 e. The molecule has 0 bridgehead atoms. The van der Waals surface area contributed by atoms with E-state index >= 15 is 0 Å². The molecular formula is C21H23N3O2. The molecule has 5 heteroatoms. The molecule has 1 heterocycles. The lowest BCUT2D eigenvalue weighted by Crippen LogP contribution is -2.24. The van der Waals surface area contributed by atoms with Crippen molar-refractivity contribution in [2.45, 2.75) is 26.4 Å². The van der Waals surface area contributed by atoms with E-state index < -0.39 is 0 Å². The highest BCUT2D eigenvalue weighted by molar-refractivity contribution is 5.95. The Hall–Kier alpha value is -3.08. The van der Waals surface area contributed by atoms with Crippen LogP contribution in [0.5, 0.6) is 5.75 Å². The lowest BCUT2D eigenvalue weighted by Gasteiger charge is -2.09. The highest BCUT2D eigenvalue weighted by Gasteiger charge is 2.16. The summed E-state index contributed by atoms with van der Waals surface area (Å²) >= 11 is 0. The van der Waals surface area contributed by atoms with Crippen LogP contribution < -0.4 is 10.1 Å². The number of amides is 1. The molecule has 0 atom stereocenters. The average molecular weight is 349 g/mol. The Labute approximate surface area is 153 Å². The van der Waals surface area contributed by atoms with Crippen LogP contribution in [0.15, 0.2) is 60.8 Å². The normalized spacial score (nSPS) is 10.5. The fourth-order valence-electron chi connectivity index (χ4n) is 2.89. The molecule has 0 radical (unpaired) electrons. The van der Waals surface area contributed by atoms with Crippen molar-refractivity contribution < 1.29 is 9.53 Å². The number of nitrogens with zero attached hydrogens (tertiary/aromatic N) is 2. The van der Waals surface area contributed by atoms with Gasteiger partial charge in [0.1, 0.15) is 5.75 Å². The zero-order valence-corrected chi connectivity index (χ0v) is 15.1. The fraction of sp³-hybridized carbons (Fsp3) is 0.238. The molecule has 0 aliphatic heterocycles. The molecule has 0 aliphatic carbocycles. The number of carbonyl (C=O) groups is 1. The van der Waals surface area contributed by atoms with Crippen molar-refractivity contribution in [1.82, 2.24) is 15.1 Å². The minimum absolute atomic E-state index is 0.100. The Morgan fingerprint density at radius 2 is 1.81 bits per heavy atom. The summed E-state index contributed by atoms with van der Waals surface area (Å²) in [6, 6.07) is 17.8. The SMILES string of the molecule is CCc1c(C(=O)NCc2ccc(OC)cc2)cnn1Cc1ccccc1. The average Bonchev–Trinajstić information content (AvgIpc) is 3.10. The number of hydrogen-bond donors (Lipinski definition) is 1. The van der Waals surface area contributed by atoms with Gasteiger partial charge in [0.05, 0.1) is 31.1 Å². The summed E-state index contributed by atoms with van der Waals surface area (Å²) in [6.45, 7) is 3.17. The van der Waals surface area contributed by atoms with Gasteiger partial charge in [0, 0.05) is 6.54 Å². The Morgan fingerprint density at radius 3 is 2.46 bits per heavy atom. The predicted molar refractivity (Wildman–Crippen MR) is 101 cm³/mol. The summed E-state index contributed by atoms with van der Waals surface area (Å²) in [5.41, 5.74) is 3.77. The van der Waals surface area contributed by atoms with Gasteiger partial charge in [-0.25, -0.2) is 0 Å². The van der Waals surface area contributed by atoms with Gasteiger partial charge in [-0.3, -0.25) is 9.48 Å². The molecule has 3 rings (SSSR count). The largest absolute Gasteiger partial charge is 0.497 e. The van der Waals surface area contributed by atoms with Gasteiger partial charge in [0.2, 0.25) is 0 Å². The first kappa shape index (κ1) is 17.7. The maximum atomic E-state index is 12.6. The van der Waals surface area contributed by atoms with Crippen LogP contribution in [0.25, 0.3) is 0 Å². The number of ether oxygens (including phenoxy) is 1. The molecule has 134 valence electrons. The van der Waals surface area contributed by atoms with E-state index in [1.54, 1.807) is 13.3 Å². The van der Waals surface area contributed by atoms with Crippen LogP contribution in [-0.4, -0.2) is 22.8 Å². The molecule has 0 aliphatic rings. The maximum Gasteiger partial charge on any atom is 0.255 e.